The molecular formula is C15H12O4. The molecule has 0 spiro atoms. The Kier molecular flexibility index (Phi) is 3.52. The number of hydrogen-bond donors (Lipinski definition) is 3. The molecule has 0 saturated carbocycles. The Hall–Kier alpha value is -2.75. The molecule has 0 aliphatic heterocycles. The molecule has 0 heterocycles. The van der Waals surface area contributed by atoms with Gasteiger partial charge in [-0.15, -0.1) is 0 Å². The number of phenols is 3. The van der Waals surface area contributed by atoms with Gasteiger partial charge in [0, 0.05) is 17.7 Å². The van der Waals surface area contributed by atoms with Crippen molar-refractivity contribution in [2.24, 2.45) is 0 Å². The second-order valence-corrected chi connectivity index (χ2v) is 3.96. The number of ketones is 1. The van der Waals surface area contributed by atoms with E-state index < -0.39 is 0 Å². The third-order valence-corrected chi connectivity index (χ3v) is 2.58. The zero-order valence-corrected chi connectivity index (χ0v) is 9.95. The van der Waals surface area contributed by atoms with Gasteiger partial charge in [0.05, 0.1) is 5.56 Å². The number of carbonyl (C=O) groups is 1. The average molecular weight is 256 g/mol. The number of benzene rings is 2. The fourth-order valence-corrected chi connectivity index (χ4v) is 1.64. The summed E-state index contributed by atoms with van der Waals surface area (Å²) in [6, 6.07) is 10.8. The van der Waals surface area contributed by atoms with E-state index in [2.05, 4.69) is 0 Å². The fraction of sp³-hybridized carbons (Fsp3) is 0. The number of carbonyl (C=O) groups excluding carboxylic acids is 1. The van der Waals surface area contributed by atoms with E-state index in [0.717, 1.165) is 12.1 Å². The van der Waals surface area contributed by atoms with Gasteiger partial charge in [-0.3, -0.25) is 4.79 Å². The quantitative estimate of drug-likeness (QED) is 0.583. The molecule has 0 amide bonds. The monoisotopic (exact) mass is 256 g/mol. The van der Waals surface area contributed by atoms with Gasteiger partial charge in [-0.2, -0.15) is 0 Å². The zero-order valence-electron chi connectivity index (χ0n) is 9.95. The van der Waals surface area contributed by atoms with E-state index in [4.69, 9.17) is 5.11 Å². The minimum atomic E-state index is -0.297. The average Bonchev–Trinajstić information content (AvgIpc) is 2.38. The van der Waals surface area contributed by atoms with Crippen molar-refractivity contribution in [3.05, 3.63) is 59.7 Å². The van der Waals surface area contributed by atoms with Gasteiger partial charge in [-0.1, -0.05) is 30.3 Å². The number of allylic oxidation sites excluding steroid dienone is 1. The Labute approximate surface area is 109 Å². The van der Waals surface area contributed by atoms with Crippen molar-refractivity contribution in [1.29, 1.82) is 0 Å². The molecule has 19 heavy (non-hydrogen) atoms. The molecule has 0 bridgehead atoms. The largest absolute Gasteiger partial charge is 0.508 e. The first-order valence-corrected chi connectivity index (χ1v) is 5.60. The van der Waals surface area contributed by atoms with E-state index in [1.165, 1.54) is 12.2 Å². The second kappa shape index (κ2) is 5.27. The molecule has 4 nitrogen and oxygen atoms in total. The summed E-state index contributed by atoms with van der Waals surface area (Å²) < 4.78 is 0. The van der Waals surface area contributed by atoms with Crippen LogP contribution in [0.3, 0.4) is 0 Å². The van der Waals surface area contributed by atoms with Crippen molar-refractivity contribution < 1.29 is 20.1 Å². The lowest BCUT2D eigenvalue weighted by molar-refractivity contribution is 0.104. The highest BCUT2D eigenvalue weighted by Gasteiger charge is 2.07. The summed E-state index contributed by atoms with van der Waals surface area (Å²) in [5, 5.41) is 28.3. The van der Waals surface area contributed by atoms with E-state index >= 15 is 0 Å². The van der Waals surface area contributed by atoms with Crippen LogP contribution in [0.4, 0.5) is 0 Å². The number of aromatic hydroxyl groups is 3. The van der Waals surface area contributed by atoms with Crippen LogP contribution >= 0.6 is 0 Å². The Balaban J connectivity index is 2.27. The Morgan fingerprint density at radius 2 is 1.53 bits per heavy atom. The molecule has 0 atom stereocenters. The van der Waals surface area contributed by atoms with E-state index in [1.807, 2.05) is 0 Å². The van der Waals surface area contributed by atoms with Crippen LogP contribution in [0.25, 0.3) is 6.08 Å². The number of rotatable bonds is 3. The van der Waals surface area contributed by atoms with Crippen LogP contribution in [0.1, 0.15) is 15.9 Å². The van der Waals surface area contributed by atoms with Crippen molar-refractivity contribution in [2.45, 2.75) is 0 Å². The summed E-state index contributed by atoms with van der Waals surface area (Å²) >= 11 is 0. The molecular weight excluding hydrogens is 244 g/mol. The van der Waals surface area contributed by atoms with Crippen LogP contribution < -0.4 is 0 Å². The number of hydrogen-bond acceptors (Lipinski definition) is 4. The fourth-order valence-electron chi connectivity index (χ4n) is 1.64. The van der Waals surface area contributed by atoms with Crippen molar-refractivity contribution in [3.8, 4) is 17.2 Å². The van der Waals surface area contributed by atoms with Gasteiger partial charge in [-0.25, -0.2) is 0 Å². The van der Waals surface area contributed by atoms with Gasteiger partial charge in [0.2, 0.25) is 0 Å². The van der Waals surface area contributed by atoms with Gasteiger partial charge in [0.25, 0.3) is 0 Å². The molecule has 0 unspecified atom stereocenters. The lowest BCUT2D eigenvalue weighted by atomic mass is 10.1. The highest BCUT2D eigenvalue weighted by Crippen LogP contribution is 2.32. The zero-order chi connectivity index (χ0) is 13.8. The van der Waals surface area contributed by atoms with Gasteiger partial charge >= 0.3 is 0 Å². The first-order chi connectivity index (χ1) is 9.08. The van der Waals surface area contributed by atoms with E-state index in [0.29, 0.717) is 5.56 Å². The smallest absolute Gasteiger partial charge is 0.185 e. The van der Waals surface area contributed by atoms with Crippen molar-refractivity contribution in [1.82, 2.24) is 0 Å². The summed E-state index contributed by atoms with van der Waals surface area (Å²) in [5.41, 5.74) is 0.596. The SMILES string of the molecule is O=C(/C=C/c1c(O)cc(O)cc1O)c1ccccc1. The molecule has 0 aromatic heterocycles. The minimum absolute atomic E-state index is 0.0853. The highest BCUT2D eigenvalue weighted by atomic mass is 16.3. The maximum Gasteiger partial charge on any atom is 0.185 e. The van der Waals surface area contributed by atoms with Gasteiger partial charge in [0.15, 0.2) is 5.78 Å². The molecule has 2 rings (SSSR count). The lowest BCUT2D eigenvalue weighted by Crippen LogP contribution is -1.92. The molecule has 3 N–H and O–H groups in total. The maximum atomic E-state index is 11.8. The lowest BCUT2D eigenvalue weighted by Gasteiger charge is -2.03. The topological polar surface area (TPSA) is 77.8 Å². The molecule has 2 aromatic rings. The van der Waals surface area contributed by atoms with Crippen LogP contribution in [0.5, 0.6) is 17.2 Å². The summed E-state index contributed by atoms with van der Waals surface area (Å²) in [5.74, 6) is -1.08. The van der Waals surface area contributed by atoms with E-state index in [1.54, 1.807) is 30.3 Å². The minimum Gasteiger partial charge on any atom is -0.508 e. The van der Waals surface area contributed by atoms with E-state index in [9.17, 15) is 15.0 Å². The van der Waals surface area contributed by atoms with Crippen molar-refractivity contribution in [3.63, 3.8) is 0 Å². The third-order valence-electron chi connectivity index (χ3n) is 2.58. The highest BCUT2D eigenvalue weighted by molar-refractivity contribution is 6.07. The molecule has 0 aliphatic carbocycles. The Morgan fingerprint density at radius 1 is 0.947 bits per heavy atom. The van der Waals surface area contributed by atoms with Gasteiger partial charge < -0.3 is 15.3 Å². The summed E-state index contributed by atoms with van der Waals surface area (Å²) in [4.78, 5) is 11.8. The van der Waals surface area contributed by atoms with Gasteiger partial charge in [-0.05, 0) is 12.2 Å². The standard InChI is InChI=1S/C15H12O4/c16-11-8-14(18)12(15(19)9-11)6-7-13(17)10-4-2-1-3-5-10/h1-9,16,18-19H/b7-6+. The molecule has 0 fully saturated rings. The van der Waals surface area contributed by atoms with Crippen LogP contribution in [-0.2, 0) is 0 Å². The van der Waals surface area contributed by atoms with Crippen molar-refractivity contribution in [2.75, 3.05) is 0 Å². The van der Waals surface area contributed by atoms with Crippen LogP contribution in [0, 0.1) is 0 Å². The summed E-state index contributed by atoms with van der Waals surface area (Å²) in [7, 11) is 0. The predicted molar refractivity (Wildman–Crippen MR) is 71.2 cm³/mol. The second-order valence-electron chi connectivity index (χ2n) is 3.96. The van der Waals surface area contributed by atoms with Crippen LogP contribution in [0.15, 0.2) is 48.5 Å². The van der Waals surface area contributed by atoms with Crippen molar-refractivity contribution >= 4 is 11.9 Å². The molecule has 96 valence electrons. The first kappa shape index (κ1) is 12.7. The molecule has 4 heteroatoms. The maximum absolute atomic E-state index is 11.8. The third kappa shape index (κ3) is 2.93. The first-order valence-electron chi connectivity index (χ1n) is 5.60. The van der Waals surface area contributed by atoms with E-state index in [-0.39, 0.29) is 28.6 Å². The summed E-state index contributed by atoms with van der Waals surface area (Å²) in [6.07, 6.45) is 2.56. The van der Waals surface area contributed by atoms with Crippen LogP contribution in [-0.4, -0.2) is 21.1 Å². The van der Waals surface area contributed by atoms with Crippen LogP contribution in [0.2, 0.25) is 0 Å². The van der Waals surface area contributed by atoms with Gasteiger partial charge in [0.1, 0.15) is 17.2 Å². The Morgan fingerprint density at radius 3 is 2.11 bits per heavy atom. The normalized spacial score (nSPS) is 10.7. The molecule has 0 aliphatic rings. The molecule has 0 saturated heterocycles. The molecule has 2 aromatic carbocycles. The predicted octanol–water partition coefficient (Wildman–Crippen LogP) is 2.70. The Bertz CT molecular complexity index is 607. The number of phenolic OH excluding ortho intramolecular Hbond substituents is 3. The molecule has 0 radical (unpaired) electrons. The summed E-state index contributed by atoms with van der Waals surface area (Å²) in [6.45, 7) is 0.